The zero-order valence-electron chi connectivity index (χ0n) is 26.0. The summed E-state index contributed by atoms with van der Waals surface area (Å²) in [6, 6.07) is 60.1. The highest BCUT2D eigenvalue weighted by atomic mass is 15.0. The summed E-state index contributed by atoms with van der Waals surface area (Å²) in [4.78, 5) is 10.1. The number of aromatic nitrogens is 4. The zero-order chi connectivity index (χ0) is 31.6. The minimum absolute atomic E-state index is 0.720. The van der Waals surface area contributed by atoms with Crippen molar-refractivity contribution >= 4 is 54.5 Å². The minimum atomic E-state index is 0.720. The van der Waals surface area contributed by atoms with E-state index in [0.29, 0.717) is 0 Å². The molecule has 0 radical (unpaired) electrons. The van der Waals surface area contributed by atoms with Gasteiger partial charge >= 0.3 is 0 Å². The normalized spacial score (nSPS) is 11.8. The molecule has 0 atom stereocenters. The Kier molecular flexibility index (Phi) is 5.84. The molecule has 224 valence electrons. The first-order valence-corrected chi connectivity index (χ1v) is 16.3. The number of nitrogens with zero attached hydrogens (tertiary/aromatic N) is 4. The van der Waals surface area contributed by atoms with E-state index < -0.39 is 0 Å². The maximum absolute atomic E-state index is 5.09. The van der Waals surface area contributed by atoms with Crippen LogP contribution in [0.1, 0.15) is 0 Å². The predicted octanol–water partition coefficient (Wildman–Crippen LogP) is 11.2. The zero-order valence-corrected chi connectivity index (χ0v) is 26.0. The van der Waals surface area contributed by atoms with Gasteiger partial charge in [0.2, 0.25) is 0 Å². The quantitative estimate of drug-likeness (QED) is 0.198. The summed E-state index contributed by atoms with van der Waals surface area (Å²) >= 11 is 0. The average Bonchev–Trinajstić information content (AvgIpc) is 3.67. The monoisotopic (exact) mass is 612 g/mol. The van der Waals surface area contributed by atoms with E-state index in [1.165, 1.54) is 43.6 Å². The van der Waals surface area contributed by atoms with Crippen LogP contribution in [0.15, 0.2) is 170 Å². The number of fused-ring (bicyclic) bond motifs is 7. The van der Waals surface area contributed by atoms with E-state index in [2.05, 4.69) is 161 Å². The fourth-order valence-corrected chi connectivity index (χ4v) is 7.36. The molecule has 0 aliphatic heterocycles. The fraction of sp³-hybridized carbons (Fsp3) is 0. The van der Waals surface area contributed by atoms with Crippen molar-refractivity contribution in [2.24, 2.45) is 0 Å². The second-order valence-corrected chi connectivity index (χ2v) is 12.2. The van der Waals surface area contributed by atoms with Crippen LogP contribution in [0.2, 0.25) is 0 Å². The lowest BCUT2D eigenvalue weighted by molar-refractivity contribution is 1.16. The molecule has 3 heterocycles. The topological polar surface area (TPSA) is 35.6 Å². The summed E-state index contributed by atoms with van der Waals surface area (Å²) in [5, 5.41) is 6.03. The predicted molar refractivity (Wildman–Crippen MR) is 199 cm³/mol. The number of benzene rings is 7. The van der Waals surface area contributed by atoms with Crippen LogP contribution in [-0.4, -0.2) is 19.1 Å². The van der Waals surface area contributed by atoms with E-state index in [1.807, 2.05) is 18.2 Å². The lowest BCUT2D eigenvalue weighted by Gasteiger charge is -2.12. The van der Waals surface area contributed by atoms with Crippen molar-refractivity contribution in [2.75, 3.05) is 0 Å². The molecule has 7 aromatic carbocycles. The highest BCUT2D eigenvalue weighted by molar-refractivity contribution is 6.12. The first-order chi connectivity index (χ1) is 23.8. The SMILES string of the molecule is c1ccc(-c2nc(-c3ccc(-n4c5ccccc5c5cc(-n6c7ccccc7c7ccccc76)ccc54)cc3)nc3ccccc23)cc1. The van der Waals surface area contributed by atoms with Crippen LogP contribution < -0.4 is 0 Å². The van der Waals surface area contributed by atoms with E-state index in [1.54, 1.807) is 0 Å². The Morgan fingerprint density at radius 3 is 1.50 bits per heavy atom. The summed E-state index contributed by atoms with van der Waals surface area (Å²) in [6.45, 7) is 0. The van der Waals surface area contributed by atoms with E-state index in [0.717, 1.165) is 44.9 Å². The van der Waals surface area contributed by atoms with Gasteiger partial charge in [0.15, 0.2) is 5.82 Å². The highest BCUT2D eigenvalue weighted by Crippen LogP contribution is 2.37. The van der Waals surface area contributed by atoms with Gasteiger partial charge in [-0.2, -0.15) is 0 Å². The summed E-state index contributed by atoms with van der Waals surface area (Å²) < 4.78 is 4.75. The molecule has 0 saturated heterocycles. The minimum Gasteiger partial charge on any atom is -0.309 e. The Hall–Kier alpha value is -6.52. The van der Waals surface area contributed by atoms with Gasteiger partial charge < -0.3 is 9.13 Å². The van der Waals surface area contributed by atoms with Gasteiger partial charge in [0.05, 0.1) is 33.3 Å². The second kappa shape index (κ2) is 10.5. The number of para-hydroxylation sites is 4. The molecule has 0 bridgehead atoms. The van der Waals surface area contributed by atoms with Crippen molar-refractivity contribution in [2.45, 2.75) is 0 Å². The van der Waals surface area contributed by atoms with E-state index in [4.69, 9.17) is 9.97 Å². The molecule has 0 unspecified atom stereocenters. The summed E-state index contributed by atoms with van der Waals surface area (Å²) in [6.07, 6.45) is 0. The molecule has 0 fully saturated rings. The third-order valence-corrected chi connectivity index (χ3v) is 9.53. The Morgan fingerprint density at radius 2 is 0.833 bits per heavy atom. The van der Waals surface area contributed by atoms with Crippen molar-refractivity contribution < 1.29 is 0 Å². The van der Waals surface area contributed by atoms with E-state index >= 15 is 0 Å². The van der Waals surface area contributed by atoms with Gasteiger partial charge in [-0.1, -0.05) is 103 Å². The number of hydrogen-bond donors (Lipinski definition) is 0. The van der Waals surface area contributed by atoms with Crippen LogP contribution in [0.4, 0.5) is 0 Å². The van der Waals surface area contributed by atoms with Crippen molar-refractivity contribution in [3.05, 3.63) is 170 Å². The molecule has 0 aliphatic rings. The maximum Gasteiger partial charge on any atom is 0.160 e. The average molecular weight is 613 g/mol. The third-order valence-electron chi connectivity index (χ3n) is 9.53. The highest BCUT2D eigenvalue weighted by Gasteiger charge is 2.17. The molecule has 4 heteroatoms. The molecule has 10 aromatic rings. The molecule has 0 aliphatic carbocycles. The molecule has 10 rings (SSSR count). The molecule has 0 spiro atoms. The van der Waals surface area contributed by atoms with Crippen LogP contribution in [0.5, 0.6) is 0 Å². The lowest BCUT2D eigenvalue weighted by atomic mass is 10.1. The summed E-state index contributed by atoms with van der Waals surface area (Å²) in [5.74, 6) is 0.720. The van der Waals surface area contributed by atoms with Gasteiger partial charge in [0.25, 0.3) is 0 Å². The summed E-state index contributed by atoms with van der Waals surface area (Å²) in [5.41, 5.74) is 11.0. The Morgan fingerprint density at radius 1 is 0.333 bits per heavy atom. The Bertz CT molecular complexity index is 2770. The van der Waals surface area contributed by atoms with Crippen molar-refractivity contribution in [1.29, 1.82) is 0 Å². The van der Waals surface area contributed by atoms with Crippen LogP contribution in [-0.2, 0) is 0 Å². The van der Waals surface area contributed by atoms with Crippen molar-refractivity contribution in [3.63, 3.8) is 0 Å². The molecule has 4 nitrogen and oxygen atoms in total. The molecule has 0 N–H and O–H groups in total. The van der Waals surface area contributed by atoms with Crippen LogP contribution in [0.3, 0.4) is 0 Å². The van der Waals surface area contributed by atoms with Crippen molar-refractivity contribution in [3.8, 4) is 34.0 Å². The number of rotatable bonds is 4. The van der Waals surface area contributed by atoms with E-state index in [9.17, 15) is 0 Å². The smallest absolute Gasteiger partial charge is 0.160 e. The third kappa shape index (κ3) is 4.03. The molecule has 3 aromatic heterocycles. The lowest BCUT2D eigenvalue weighted by Crippen LogP contribution is -1.97. The largest absolute Gasteiger partial charge is 0.309 e. The maximum atomic E-state index is 5.09. The molecule has 0 saturated carbocycles. The Labute approximate surface area is 276 Å². The van der Waals surface area contributed by atoms with Gasteiger partial charge in [-0.05, 0) is 66.7 Å². The fourth-order valence-electron chi connectivity index (χ4n) is 7.36. The van der Waals surface area contributed by atoms with Crippen LogP contribution in [0.25, 0.3) is 88.5 Å². The van der Waals surface area contributed by atoms with Gasteiger partial charge in [-0.15, -0.1) is 0 Å². The van der Waals surface area contributed by atoms with Gasteiger partial charge in [0, 0.05) is 49.4 Å². The van der Waals surface area contributed by atoms with E-state index in [-0.39, 0.29) is 0 Å². The van der Waals surface area contributed by atoms with Gasteiger partial charge in [0.1, 0.15) is 0 Å². The van der Waals surface area contributed by atoms with Crippen molar-refractivity contribution in [1.82, 2.24) is 19.1 Å². The second-order valence-electron chi connectivity index (χ2n) is 12.2. The first-order valence-electron chi connectivity index (χ1n) is 16.3. The summed E-state index contributed by atoms with van der Waals surface area (Å²) in [7, 11) is 0. The molecular weight excluding hydrogens is 585 g/mol. The van der Waals surface area contributed by atoms with Gasteiger partial charge in [-0.3, -0.25) is 0 Å². The Balaban J connectivity index is 1.12. The van der Waals surface area contributed by atoms with Crippen LogP contribution in [0, 0.1) is 0 Å². The van der Waals surface area contributed by atoms with Gasteiger partial charge in [-0.25, -0.2) is 9.97 Å². The molecular formula is C44H28N4. The standard InChI is InChI=1S/C44H28N4/c1-2-12-29(13-3-1)43-36-17-4-8-18-38(36)45-44(46-43)30-22-24-31(25-23-30)47-41-21-11-7-16-35(41)37-28-32(26-27-42(37)47)48-39-19-9-5-14-33(39)34-15-6-10-20-40(34)48/h1-28H. The molecule has 0 amide bonds. The molecule has 48 heavy (non-hydrogen) atoms. The van der Waals surface area contributed by atoms with Crippen LogP contribution >= 0.6 is 0 Å². The number of hydrogen-bond acceptors (Lipinski definition) is 2. The first kappa shape index (κ1) is 26.7.